The molecule has 1 N–H and O–H groups in total. The first-order valence-corrected chi connectivity index (χ1v) is 6.82. The molecule has 0 amide bonds. The molecule has 0 bridgehead atoms. The normalized spacial score (nSPS) is 21.1. The molecular formula is C17H16O5. The summed E-state index contributed by atoms with van der Waals surface area (Å²) < 4.78 is 16.2. The minimum Gasteiger partial charge on any atom is -0.497 e. The highest BCUT2D eigenvalue weighted by Gasteiger charge is 2.55. The third-order valence-electron chi connectivity index (χ3n) is 3.79. The van der Waals surface area contributed by atoms with Crippen molar-refractivity contribution in [2.24, 2.45) is 0 Å². The molecule has 0 saturated carbocycles. The number of hydrogen-bond acceptors (Lipinski definition) is 5. The van der Waals surface area contributed by atoms with Crippen LogP contribution in [0.25, 0.3) is 0 Å². The van der Waals surface area contributed by atoms with Crippen molar-refractivity contribution in [3.8, 4) is 11.5 Å². The van der Waals surface area contributed by atoms with Crippen molar-refractivity contribution in [1.82, 2.24) is 0 Å². The minimum atomic E-state index is -1.78. The van der Waals surface area contributed by atoms with Crippen LogP contribution in [0.2, 0.25) is 0 Å². The van der Waals surface area contributed by atoms with E-state index in [9.17, 15) is 9.90 Å². The van der Waals surface area contributed by atoms with Gasteiger partial charge in [-0.05, 0) is 17.7 Å². The first-order valence-electron chi connectivity index (χ1n) is 6.82. The quantitative estimate of drug-likeness (QED) is 0.939. The molecule has 0 unspecified atom stereocenters. The van der Waals surface area contributed by atoms with Crippen molar-refractivity contribution in [2.45, 2.75) is 11.9 Å². The van der Waals surface area contributed by atoms with Gasteiger partial charge in [0.25, 0.3) is 0 Å². The van der Waals surface area contributed by atoms with Crippen LogP contribution < -0.4 is 9.47 Å². The predicted molar refractivity (Wildman–Crippen MR) is 79.1 cm³/mol. The number of methoxy groups -OCH3 is 2. The molecule has 5 nitrogen and oxygen atoms in total. The molecule has 3 rings (SSSR count). The molecule has 1 heterocycles. The van der Waals surface area contributed by atoms with Gasteiger partial charge in [0.05, 0.1) is 12.7 Å². The van der Waals surface area contributed by atoms with Gasteiger partial charge in [0.1, 0.15) is 11.5 Å². The van der Waals surface area contributed by atoms with Gasteiger partial charge < -0.3 is 19.3 Å². The van der Waals surface area contributed by atoms with Crippen molar-refractivity contribution >= 4 is 5.78 Å². The molecule has 114 valence electrons. The summed E-state index contributed by atoms with van der Waals surface area (Å²) >= 11 is 0. The Labute approximate surface area is 128 Å². The number of carbonyl (C=O) groups is 1. The fourth-order valence-electron chi connectivity index (χ4n) is 2.58. The highest BCUT2D eigenvalue weighted by atomic mass is 16.7. The molecule has 1 aliphatic heterocycles. The lowest BCUT2D eigenvalue weighted by Gasteiger charge is -2.30. The Hall–Kier alpha value is -2.37. The van der Waals surface area contributed by atoms with Gasteiger partial charge in [-0.25, -0.2) is 0 Å². The number of fused-ring (bicyclic) bond motifs is 1. The van der Waals surface area contributed by atoms with Gasteiger partial charge in [-0.2, -0.15) is 0 Å². The third kappa shape index (κ3) is 2.06. The Morgan fingerprint density at radius 2 is 1.86 bits per heavy atom. The van der Waals surface area contributed by atoms with Gasteiger partial charge in [0.2, 0.25) is 5.78 Å². The van der Waals surface area contributed by atoms with E-state index in [1.54, 1.807) is 42.5 Å². The van der Waals surface area contributed by atoms with Crippen LogP contribution in [-0.2, 0) is 4.74 Å². The van der Waals surface area contributed by atoms with E-state index in [0.29, 0.717) is 22.6 Å². The van der Waals surface area contributed by atoms with Gasteiger partial charge in [-0.15, -0.1) is 0 Å². The number of ketones is 1. The molecule has 0 spiro atoms. The lowest BCUT2D eigenvalue weighted by atomic mass is 9.95. The Morgan fingerprint density at radius 1 is 1.14 bits per heavy atom. The van der Waals surface area contributed by atoms with Crippen molar-refractivity contribution in [2.75, 3.05) is 14.2 Å². The number of ether oxygens (including phenoxy) is 3. The Bertz CT molecular complexity index is 697. The van der Waals surface area contributed by atoms with Crippen LogP contribution in [0.1, 0.15) is 22.0 Å². The number of benzene rings is 2. The number of Topliss-reactive ketones (excluding diaryl/α,β-unsaturated/α-hetero) is 1. The monoisotopic (exact) mass is 300 g/mol. The van der Waals surface area contributed by atoms with Gasteiger partial charge in [-0.1, -0.05) is 30.3 Å². The van der Waals surface area contributed by atoms with Crippen molar-refractivity contribution in [3.05, 3.63) is 59.7 Å². The smallest absolute Gasteiger partial charge is 0.305 e. The first-order chi connectivity index (χ1) is 10.6. The zero-order chi connectivity index (χ0) is 15.7. The van der Waals surface area contributed by atoms with Crippen LogP contribution >= 0.6 is 0 Å². The Morgan fingerprint density at radius 3 is 2.50 bits per heavy atom. The summed E-state index contributed by atoms with van der Waals surface area (Å²) in [4.78, 5) is 12.7. The summed E-state index contributed by atoms with van der Waals surface area (Å²) in [5.41, 5.74) is 0.898. The van der Waals surface area contributed by atoms with Gasteiger partial charge in [-0.3, -0.25) is 4.79 Å². The number of hydrogen-bond donors (Lipinski definition) is 1. The second-order valence-corrected chi connectivity index (χ2v) is 4.98. The van der Waals surface area contributed by atoms with Crippen LogP contribution in [0, 0.1) is 0 Å². The zero-order valence-electron chi connectivity index (χ0n) is 12.3. The molecule has 0 fully saturated rings. The number of rotatable bonds is 4. The fourth-order valence-corrected chi connectivity index (χ4v) is 2.58. The van der Waals surface area contributed by atoms with Crippen LogP contribution in [-0.4, -0.2) is 30.9 Å². The summed E-state index contributed by atoms with van der Waals surface area (Å²) in [7, 11) is 2.87. The topological polar surface area (TPSA) is 65.0 Å². The SMILES string of the molecule is COc1ccc2c(c1)O[C@@](OC)([C@@H](O)c1ccccc1)C2=O. The van der Waals surface area contributed by atoms with Crippen LogP contribution in [0.15, 0.2) is 48.5 Å². The van der Waals surface area contributed by atoms with E-state index >= 15 is 0 Å². The lowest BCUT2D eigenvalue weighted by molar-refractivity contribution is -0.183. The number of aliphatic hydroxyl groups is 1. The molecule has 22 heavy (non-hydrogen) atoms. The maximum absolute atomic E-state index is 12.7. The first kappa shape index (κ1) is 14.6. The van der Waals surface area contributed by atoms with Gasteiger partial charge in [0.15, 0.2) is 6.10 Å². The van der Waals surface area contributed by atoms with Crippen molar-refractivity contribution in [3.63, 3.8) is 0 Å². The average molecular weight is 300 g/mol. The molecule has 0 saturated heterocycles. The number of aliphatic hydroxyl groups excluding tert-OH is 1. The van der Waals surface area contributed by atoms with E-state index in [-0.39, 0.29) is 0 Å². The maximum atomic E-state index is 12.7. The predicted octanol–water partition coefficient (Wildman–Crippen LogP) is 2.35. The van der Waals surface area contributed by atoms with E-state index in [2.05, 4.69) is 0 Å². The summed E-state index contributed by atoms with van der Waals surface area (Å²) in [6.45, 7) is 0. The van der Waals surface area contributed by atoms with Gasteiger partial charge in [0, 0.05) is 13.2 Å². The largest absolute Gasteiger partial charge is 0.497 e. The second-order valence-electron chi connectivity index (χ2n) is 4.98. The second kappa shape index (κ2) is 5.44. The van der Waals surface area contributed by atoms with E-state index in [0.717, 1.165) is 0 Å². The van der Waals surface area contributed by atoms with Crippen LogP contribution in [0.3, 0.4) is 0 Å². The summed E-state index contributed by atoms with van der Waals surface area (Å²) in [5.74, 6) is -1.30. The molecule has 2 aromatic rings. The van der Waals surface area contributed by atoms with Crippen LogP contribution in [0.5, 0.6) is 11.5 Å². The van der Waals surface area contributed by atoms with Crippen molar-refractivity contribution < 1.29 is 24.1 Å². The maximum Gasteiger partial charge on any atom is 0.305 e. The molecule has 0 aromatic heterocycles. The van der Waals surface area contributed by atoms with E-state index < -0.39 is 17.7 Å². The zero-order valence-corrected chi connectivity index (χ0v) is 12.3. The minimum absolute atomic E-state index is 0.334. The molecule has 0 radical (unpaired) electrons. The molecule has 5 heteroatoms. The molecule has 2 atom stereocenters. The highest BCUT2D eigenvalue weighted by Crippen LogP contribution is 2.43. The highest BCUT2D eigenvalue weighted by molar-refractivity contribution is 6.07. The van der Waals surface area contributed by atoms with E-state index in [1.807, 2.05) is 6.07 Å². The van der Waals surface area contributed by atoms with Crippen molar-refractivity contribution in [1.29, 1.82) is 0 Å². The molecule has 2 aromatic carbocycles. The molecular weight excluding hydrogens is 284 g/mol. The number of carbonyl (C=O) groups excluding carboxylic acids is 1. The summed E-state index contributed by atoms with van der Waals surface area (Å²) in [6, 6.07) is 13.7. The Balaban J connectivity index is 2.03. The summed E-state index contributed by atoms with van der Waals surface area (Å²) in [6.07, 6.45) is -1.25. The van der Waals surface area contributed by atoms with E-state index in [4.69, 9.17) is 14.2 Å². The fraction of sp³-hybridized carbons (Fsp3) is 0.235. The molecule has 1 aliphatic rings. The molecule has 0 aliphatic carbocycles. The standard InChI is InChI=1S/C17H16O5/c1-20-12-8-9-13-14(10-12)22-17(21-2,16(13)19)15(18)11-6-4-3-5-7-11/h3-10,15,18H,1-2H3/t15-,17-/m0/s1. The van der Waals surface area contributed by atoms with E-state index in [1.165, 1.54) is 14.2 Å². The lowest BCUT2D eigenvalue weighted by Crippen LogP contribution is -2.48. The Kier molecular flexibility index (Phi) is 3.60. The van der Waals surface area contributed by atoms with Crippen LogP contribution in [0.4, 0.5) is 0 Å². The summed E-state index contributed by atoms with van der Waals surface area (Å²) in [5, 5.41) is 10.6. The third-order valence-corrected chi connectivity index (χ3v) is 3.79. The average Bonchev–Trinajstić information content (AvgIpc) is 2.87. The van der Waals surface area contributed by atoms with Gasteiger partial charge >= 0.3 is 5.79 Å².